The van der Waals surface area contributed by atoms with Crippen molar-refractivity contribution in [3.05, 3.63) is 60.3 Å². The highest BCUT2D eigenvalue weighted by molar-refractivity contribution is 6.05. The Morgan fingerprint density at radius 1 is 1.26 bits per heavy atom. The summed E-state index contributed by atoms with van der Waals surface area (Å²) in [5.41, 5.74) is 5.70. The fourth-order valence-electron chi connectivity index (χ4n) is 5.56. The third-order valence-electron chi connectivity index (χ3n) is 7.72. The maximum atomic E-state index is 12.4. The monoisotopic (exact) mass is 571 g/mol. The van der Waals surface area contributed by atoms with Gasteiger partial charge in [-0.3, -0.25) is 4.79 Å². The maximum absolute atomic E-state index is 12.4. The SMILES string of the molecule is C=CC(=O)Nc1cc(NC2=NC(c3c4n(c5ccccc35)CCOC4)CC=N2)c(OC)cc1N(C)CCNCCCC. The first-order chi connectivity index (χ1) is 20.5. The molecule has 1 amide bonds. The molecule has 3 heterocycles. The summed E-state index contributed by atoms with van der Waals surface area (Å²) >= 11 is 0. The molecule has 1 atom stereocenters. The quantitative estimate of drug-likeness (QED) is 0.206. The molecule has 0 fully saturated rings. The lowest BCUT2D eigenvalue weighted by molar-refractivity contribution is -0.111. The number of nitrogens with zero attached hydrogens (tertiary/aromatic N) is 4. The number of carbonyl (C=O) groups excluding carboxylic acids is 1. The Balaban J connectivity index is 1.44. The predicted octanol–water partition coefficient (Wildman–Crippen LogP) is 5.11. The standard InChI is InChI=1S/C32H41N7O3/c1-5-7-13-33-15-16-38(3)27-20-29(41-4)25(19-24(27)35-30(40)6-2)37-32-34-14-12-23(36-32)31-22-10-8-9-11-26(22)39-17-18-42-21-28(31)39/h6,8-11,14,19-20,23,33H,2,5,7,12-13,15-18,21H2,1,3-4H3,(H,35,40)(H,36,37). The minimum atomic E-state index is -0.289. The van der Waals surface area contributed by atoms with Gasteiger partial charge in [-0.15, -0.1) is 0 Å². The molecule has 5 rings (SSSR count). The number of ether oxygens (including phenoxy) is 2. The Morgan fingerprint density at radius 2 is 2.12 bits per heavy atom. The third-order valence-corrected chi connectivity index (χ3v) is 7.72. The first-order valence-corrected chi connectivity index (χ1v) is 14.7. The van der Waals surface area contributed by atoms with Crippen molar-refractivity contribution in [2.24, 2.45) is 9.98 Å². The molecule has 0 aliphatic carbocycles. The van der Waals surface area contributed by atoms with E-state index in [-0.39, 0.29) is 11.9 Å². The lowest BCUT2D eigenvalue weighted by Crippen LogP contribution is -2.30. The van der Waals surface area contributed by atoms with Crippen molar-refractivity contribution in [2.45, 2.75) is 45.4 Å². The smallest absolute Gasteiger partial charge is 0.247 e. The number of aliphatic imine (C=N–C) groups is 2. The number of fused-ring (bicyclic) bond motifs is 3. The number of likely N-dealkylation sites (N-methyl/N-ethyl adjacent to an activating group) is 1. The van der Waals surface area contributed by atoms with E-state index in [2.05, 4.69) is 68.2 Å². The van der Waals surface area contributed by atoms with E-state index in [1.807, 2.05) is 25.4 Å². The lowest BCUT2D eigenvalue weighted by atomic mass is 10.00. The van der Waals surface area contributed by atoms with Gasteiger partial charge >= 0.3 is 0 Å². The highest BCUT2D eigenvalue weighted by Gasteiger charge is 2.27. The first-order valence-electron chi connectivity index (χ1n) is 14.7. The Bertz CT molecular complexity index is 1490. The van der Waals surface area contributed by atoms with Gasteiger partial charge in [0.2, 0.25) is 11.9 Å². The van der Waals surface area contributed by atoms with Crippen LogP contribution < -0.4 is 25.6 Å². The van der Waals surface area contributed by atoms with Gasteiger partial charge in [0.25, 0.3) is 0 Å². The van der Waals surface area contributed by atoms with E-state index in [1.165, 1.54) is 28.2 Å². The third kappa shape index (κ3) is 6.34. The zero-order valence-electron chi connectivity index (χ0n) is 24.8. The number of carbonyl (C=O) groups is 1. The lowest BCUT2D eigenvalue weighted by Gasteiger charge is -2.25. The van der Waals surface area contributed by atoms with E-state index in [0.29, 0.717) is 42.7 Å². The molecule has 0 radical (unpaired) electrons. The molecule has 222 valence electrons. The Kier molecular flexibility index (Phi) is 9.55. The summed E-state index contributed by atoms with van der Waals surface area (Å²) in [7, 11) is 3.63. The van der Waals surface area contributed by atoms with Crippen molar-refractivity contribution < 1.29 is 14.3 Å². The highest BCUT2D eigenvalue weighted by atomic mass is 16.5. The molecule has 0 saturated carbocycles. The van der Waals surface area contributed by atoms with Crippen LogP contribution in [0, 0.1) is 0 Å². The van der Waals surface area contributed by atoms with E-state index in [4.69, 9.17) is 14.5 Å². The highest BCUT2D eigenvalue weighted by Crippen LogP contribution is 2.39. The van der Waals surface area contributed by atoms with Crippen LogP contribution in [0.25, 0.3) is 10.9 Å². The van der Waals surface area contributed by atoms with Crippen molar-refractivity contribution in [3.63, 3.8) is 0 Å². The number of guanidine groups is 1. The summed E-state index contributed by atoms with van der Waals surface area (Å²) in [5, 5.41) is 11.0. The second-order valence-electron chi connectivity index (χ2n) is 10.5. The number of amides is 1. The van der Waals surface area contributed by atoms with Crippen molar-refractivity contribution in [1.82, 2.24) is 9.88 Å². The van der Waals surface area contributed by atoms with Gasteiger partial charge in [0.05, 0.1) is 49.1 Å². The van der Waals surface area contributed by atoms with Crippen molar-refractivity contribution in [1.29, 1.82) is 0 Å². The van der Waals surface area contributed by atoms with Gasteiger partial charge < -0.3 is 34.9 Å². The predicted molar refractivity (Wildman–Crippen MR) is 171 cm³/mol. The molecule has 2 aliphatic rings. The summed E-state index contributed by atoms with van der Waals surface area (Å²) in [4.78, 5) is 24.1. The van der Waals surface area contributed by atoms with Crippen molar-refractivity contribution in [3.8, 4) is 5.75 Å². The molecule has 3 aromatic rings. The first kappa shape index (κ1) is 29.3. The molecule has 10 heteroatoms. The fourth-order valence-corrected chi connectivity index (χ4v) is 5.56. The molecule has 2 aromatic carbocycles. The molecule has 2 aliphatic heterocycles. The maximum Gasteiger partial charge on any atom is 0.247 e. The molecule has 1 unspecified atom stereocenters. The summed E-state index contributed by atoms with van der Waals surface area (Å²) in [6.45, 7) is 10.5. The van der Waals surface area contributed by atoms with Crippen LogP contribution in [0.4, 0.5) is 17.1 Å². The van der Waals surface area contributed by atoms with Gasteiger partial charge in [0.15, 0.2) is 0 Å². The Labute approximate surface area is 247 Å². The number of unbranched alkanes of at least 4 members (excludes halogenated alkanes) is 1. The molecule has 3 N–H and O–H groups in total. The molecular formula is C32H41N7O3. The average molecular weight is 572 g/mol. The number of anilines is 3. The van der Waals surface area contributed by atoms with E-state index in [9.17, 15) is 4.79 Å². The minimum Gasteiger partial charge on any atom is -0.494 e. The van der Waals surface area contributed by atoms with Crippen LogP contribution in [0.15, 0.2) is 59.0 Å². The number of aromatic nitrogens is 1. The second kappa shape index (κ2) is 13.7. The van der Waals surface area contributed by atoms with E-state index in [1.54, 1.807) is 7.11 Å². The minimum absolute atomic E-state index is 0.107. The topological polar surface area (TPSA) is 105 Å². The van der Waals surface area contributed by atoms with Crippen LogP contribution in [-0.4, -0.2) is 63.0 Å². The summed E-state index contributed by atoms with van der Waals surface area (Å²) in [6, 6.07) is 12.2. The van der Waals surface area contributed by atoms with Crippen molar-refractivity contribution >= 4 is 46.0 Å². The van der Waals surface area contributed by atoms with Gasteiger partial charge in [-0.2, -0.15) is 0 Å². The van der Waals surface area contributed by atoms with Crippen LogP contribution in [0.1, 0.15) is 43.5 Å². The molecular weight excluding hydrogens is 530 g/mol. The molecule has 10 nitrogen and oxygen atoms in total. The normalized spacial score (nSPS) is 16.1. The molecule has 0 bridgehead atoms. The van der Waals surface area contributed by atoms with E-state index in [0.717, 1.165) is 44.7 Å². The zero-order valence-corrected chi connectivity index (χ0v) is 24.8. The van der Waals surface area contributed by atoms with E-state index >= 15 is 0 Å². The number of nitrogens with one attached hydrogen (secondary N) is 3. The van der Waals surface area contributed by atoms with E-state index < -0.39 is 0 Å². The van der Waals surface area contributed by atoms with Crippen LogP contribution in [0.5, 0.6) is 5.75 Å². The molecule has 0 spiro atoms. The van der Waals surface area contributed by atoms with Gasteiger partial charge in [-0.25, -0.2) is 9.98 Å². The summed E-state index contributed by atoms with van der Waals surface area (Å²) in [6.07, 6.45) is 6.16. The summed E-state index contributed by atoms with van der Waals surface area (Å²) in [5.74, 6) is 0.808. The summed E-state index contributed by atoms with van der Waals surface area (Å²) < 4.78 is 14.0. The average Bonchev–Trinajstić information content (AvgIpc) is 3.35. The largest absolute Gasteiger partial charge is 0.494 e. The Morgan fingerprint density at radius 3 is 2.93 bits per heavy atom. The number of hydrogen-bond acceptors (Lipinski definition) is 8. The molecule has 0 saturated heterocycles. The number of rotatable bonds is 12. The number of para-hydroxylation sites is 1. The van der Waals surface area contributed by atoms with Gasteiger partial charge in [-0.05, 0) is 31.2 Å². The number of hydrogen-bond donors (Lipinski definition) is 3. The molecule has 42 heavy (non-hydrogen) atoms. The number of methoxy groups -OCH3 is 1. The van der Waals surface area contributed by atoms with Gasteiger partial charge in [0, 0.05) is 61.9 Å². The second-order valence-corrected chi connectivity index (χ2v) is 10.5. The number of benzene rings is 2. The van der Waals surface area contributed by atoms with Gasteiger partial charge in [-0.1, -0.05) is 38.1 Å². The Hall–Kier alpha value is -4.15. The van der Waals surface area contributed by atoms with Crippen LogP contribution in [-0.2, 0) is 22.7 Å². The van der Waals surface area contributed by atoms with Gasteiger partial charge in [0.1, 0.15) is 5.75 Å². The van der Waals surface area contributed by atoms with Crippen LogP contribution >= 0.6 is 0 Å². The fraction of sp³-hybridized carbons (Fsp3) is 0.406. The van der Waals surface area contributed by atoms with Crippen molar-refractivity contribution in [2.75, 3.05) is 55.9 Å². The van der Waals surface area contributed by atoms with Crippen LogP contribution in [0.2, 0.25) is 0 Å². The van der Waals surface area contributed by atoms with Crippen LogP contribution in [0.3, 0.4) is 0 Å². The zero-order chi connectivity index (χ0) is 29.5. The molecule has 1 aromatic heterocycles.